The molecule has 0 unspecified atom stereocenters. The second kappa shape index (κ2) is 9.83. The molecule has 5 rings (SSSR count). The predicted molar refractivity (Wildman–Crippen MR) is 122 cm³/mol. The molecule has 12 heteroatoms. The van der Waals surface area contributed by atoms with Crippen LogP contribution in [0.4, 0.5) is 0 Å². The zero-order valence-electron chi connectivity index (χ0n) is 18.7. The first kappa shape index (κ1) is 22.4. The zero-order chi connectivity index (χ0) is 24.2. The van der Waals surface area contributed by atoms with Gasteiger partial charge >= 0.3 is 0 Å². The van der Waals surface area contributed by atoms with Gasteiger partial charge in [-0.05, 0) is 18.2 Å². The summed E-state index contributed by atoms with van der Waals surface area (Å²) in [6.45, 7) is 0.456. The summed E-state index contributed by atoms with van der Waals surface area (Å²) in [6.07, 6.45) is 1.46. The molecule has 35 heavy (non-hydrogen) atoms. The Morgan fingerprint density at radius 3 is 2.77 bits per heavy atom. The van der Waals surface area contributed by atoms with Crippen LogP contribution >= 0.6 is 0 Å². The molecule has 2 N–H and O–H groups in total. The van der Waals surface area contributed by atoms with E-state index in [2.05, 4.69) is 30.8 Å². The van der Waals surface area contributed by atoms with Crippen molar-refractivity contribution >= 4 is 22.3 Å². The third kappa shape index (κ3) is 4.52. The van der Waals surface area contributed by atoms with Gasteiger partial charge in [-0.1, -0.05) is 23.4 Å². The SMILES string of the molecule is COCc1cc(-c2nnc3c4ccccc4c(OCc4ccc(C(=O)NCCO)cn4)nn23)no1. The lowest BCUT2D eigenvalue weighted by Crippen LogP contribution is -2.26. The number of aliphatic hydroxyl groups is 1. The molecule has 4 aromatic heterocycles. The van der Waals surface area contributed by atoms with Crippen molar-refractivity contribution in [2.45, 2.75) is 13.2 Å². The van der Waals surface area contributed by atoms with E-state index in [1.807, 2.05) is 24.3 Å². The largest absolute Gasteiger partial charge is 0.470 e. The molecule has 5 aromatic rings. The van der Waals surface area contributed by atoms with Crippen LogP contribution in [0.25, 0.3) is 27.9 Å². The third-order valence-electron chi connectivity index (χ3n) is 5.15. The first-order chi connectivity index (χ1) is 17.2. The van der Waals surface area contributed by atoms with Crippen LogP contribution in [0.5, 0.6) is 5.88 Å². The standard InChI is InChI=1S/C23H21N7O5/c1-33-13-16-10-19(29-35-16)21-27-26-20-17-4-2-3-5-18(17)23(28-30(20)21)34-12-15-7-6-14(11-25-15)22(32)24-8-9-31/h2-7,10-11,31H,8-9,12-13H2,1H3,(H,24,32). The van der Waals surface area contributed by atoms with Crippen LogP contribution in [0, 0.1) is 0 Å². The molecule has 0 saturated heterocycles. The van der Waals surface area contributed by atoms with Crippen LogP contribution < -0.4 is 10.1 Å². The van der Waals surface area contributed by atoms with Gasteiger partial charge in [-0.3, -0.25) is 9.78 Å². The van der Waals surface area contributed by atoms with Gasteiger partial charge in [0.25, 0.3) is 5.91 Å². The van der Waals surface area contributed by atoms with Gasteiger partial charge in [-0.2, -0.15) is 4.52 Å². The Morgan fingerprint density at radius 2 is 2.00 bits per heavy atom. The van der Waals surface area contributed by atoms with E-state index in [1.165, 1.54) is 6.20 Å². The lowest BCUT2D eigenvalue weighted by molar-refractivity contribution is 0.0944. The highest BCUT2D eigenvalue weighted by Gasteiger charge is 2.19. The number of fused-ring (bicyclic) bond motifs is 3. The molecule has 4 heterocycles. The maximum Gasteiger partial charge on any atom is 0.252 e. The van der Waals surface area contributed by atoms with E-state index in [4.69, 9.17) is 19.1 Å². The second-order valence-corrected chi connectivity index (χ2v) is 7.53. The Hall–Kier alpha value is -4.42. The van der Waals surface area contributed by atoms with Gasteiger partial charge in [0.2, 0.25) is 11.7 Å². The summed E-state index contributed by atoms with van der Waals surface area (Å²) in [5, 5.41) is 30.2. The van der Waals surface area contributed by atoms with E-state index in [0.717, 1.165) is 10.8 Å². The Labute approximate surface area is 198 Å². The number of pyridine rings is 1. The van der Waals surface area contributed by atoms with Gasteiger partial charge in [0.1, 0.15) is 13.2 Å². The van der Waals surface area contributed by atoms with Gasteiger partial charge in [-0.25, -0.2) is 0 Å². The Balaban J connectivity index is 1.44. The minimum Gasteiger partial charge on any atom is -0.470 e. The van der Waals surface area contributed by atoms with Crippen LogP contribution in [-0.4, -0.2) is 61.2 Å². The Bertz CT molecular complexity index is 1480. The average Bonchev–Trinajstić information content (AvgIpc) is 3.53. The Kier molecular flexibility index (Phi) is 6.28. The van der Waals surface area contributed by atoms with E-state index in [0.29, 0.717) is 40.1 Å². The summed E-state index contributed by atoms with van der Waals surface area (Å²) in [5.41, 5.74) is 2.02. The molecule has 0 aliphatic rings. The van der Waals surface area contributed by atoms with Crippen LogP contribution in [0.2, 0.25) is 0 Å². The van der Waals surface area contributed by atoms with Gasteiger partial charge in [-0.15, -0.1) is 15.3 Å². The van der Waals surface area contributed by atoms with Gasteiger partial charge in [0.15, 0.2) is 17.1 Å². The van der Waals surface area contributed by atoms with Crippen molar-refractivity contribution in [1.29, 1.82) is 0 Å². The third-order valence-corrected chi connectivity index (χ3v) is 5.15. The molecule has 0 aliphatic carbocycles. The predicted octanol–water partition coefficient (Wildman–Crippen LogP) is 1.77. The number of methoxy groups -OCH3 is 1. The topological polar surface area (TPSA) is 150 Å². The number of hydrogen-bond donors (Lipinski definition) is 2. The van der Waals surface area contributed by atoms with Crippen molar-refractivity contribution in [1.82, 2.24) is 35.3 Å². The highest BCUT2D eigenvalue weighted by atomic mass is 16.5. The summed E-state index contributed by atoms with van der Waals surface area (Å²) in [6, 6.07) is 12.7. The Morgan fingerprint density at radius 1 is 1.14 bits per heavy atom. The lowest BCUT2D eigenvalue weighted by Gasteiger charge is -2.10. The van der Waals surface area contributed by atoms with Crippen LogP contribution in [0.1, 0.15) is 21.8 Å². The molecular weight excluding hydrogens is 454 g/mol. The monoisotopic (exact) mass is 475 g/mol. The summed E-state index contributed by atoms with van der Waals surface area (Å²) in [7, 11) is 1.57. The first-order valence-corrected chi connectivity index (χ1v) is 10.7. The van der Waals surface area contributed by atoms with Crippen molar-refractivity contribution < 1.29 is 23.9 Å². The summed E-state index contributed by atoms with van der Waals surface area (Å²) in [5.74, 6) is 1.01. The van der Waals surface area contributed by atoms with E-state index in [1.54, 1.807) is 29.8 Å². The number of rotatable bonds is 9. The van der Waals surface area contributed by atoms with Crippen LogP contribution in [0.15, 0.2) is 53.2 Å². The molecule has 0 atom stereocenters. The van der Waals surface area contributed by atoms with Gasteiger partial charge in [0.05, 0.1) is 17.9 Å². The maximum absolute atomic E-state index is 12.0. The molecule has 1 aromatic carbocycles. The van der Waals surface area contributed by atoms with E-state index < -0.39 is 0 Å². The van der Waals surface area contributed by atoms with Crippen molar-refractivity contribution in [2.75, 3.05) is 20.3 Å². The molecule has 0 fully saturated rings. The normalized spacial score (nSPS) is 11.3. The fourth-order valence-electron chi connectivity index (χ4n) is 3.50. The molecule has 0 saturated carbocycles. The fourth-order valence-corrected chi connectivity index (χ4v) is 3.50. The lowest BCUT2D eigenvalue weighted by atomic mass is 10.2. The van der Waals surface area contributed by atoms with Crippen molar-refractivity contribution in [3.63, 3.8) is 0 Å². The quantitative estimate of drug-likeness (QED) is 0.323. The molecular formula is C23H21N7O5. The maximum atomic E-state index is 12.0. The average molecular weight is 475 g/mol. The minimum atomic E-state index is -0.307. The number of aromatic nitrogens is 6. The van der Waals surface area contributed by atoms with Crippen molar-refractivity contribution in [3.8, 4) is 17.4 Å². The molecule has 178 valence electrons. The van der Waals surface area contributed by atoms with E-state index >= 15 is 0 Å². The highest BCUT2D eigenvalue weighted by molar-refractivity contribution is 5.97. The molecule has 0 bridgehead atoms. The van der Waals surface area contributed by atoms with Crippen LogP contribution in [-0.2, 0) is 18.0 Å². The fraction of sp³-hybridized carbons (Fsp3) is 0.217. The molecule has 0 radical (unpaired) electrons. The highest BCUT2D eigenvalue weighted by Crippen LogP contribution is 2.29. The minimum absolute atomic E-state index is 0.125. The smallest absolute Gasteiger partial charge is 0.252 e. The summed E-state index contributed by atoms with van der Waals surface area (Å²) >= 11 is 0. The number of ether oxygens (including phenoxy) is 2. The van der Waals surface area contributed by atoms with E-state index in [9.17, 15) is 4.79 Å². The summed E-state index contributed by atoms with van der Waals surface area (Å²) < 4.78 is 18.0. The van der Waals surface area contributed by atoms with Gasteiger partial charge < -0.3 is 24.4 Å². The first-order valence-electron chi connectivity index (χ1n) is 10.7. The zero-order valence-corrected chi connectivity index (χ0v) is 18.7. The molecule has 12 nitrogen and oxygen atoms in total. The summed E-state index contributed by atoms with van der Waals surface area (Å²) in [4.78, 5) is 16.3. The van der Waals surface area contributed by atoms with E-state index in [-0.39, 0.29) is 32.3 Å². The van der Waals surface area contributed by atoms with Crippen molar-refractivity contribution in [2.24, 2.45) is 0 Å². The number of carbonyl (C=O) groups excluding carboxylic acids is 1. The number of nitrogens with zero attached hydrogens (tertiary/aromatic N) is 6. The van der Waals surface area contributed by atoms with Gasteiger partial charge in [0, 0.05) is 36.7 Å². The molecule has 0 spiro atoms. The number of hydrogen-bond acceptors (Lipinski definition) is 10. The number of carbonyl (C=O) groups is 1. The number of nitrogens with one attached hydrogen (secondary N) is 1. The second-order valence-electron chi connectivity index (χ2n) is 7.53. The molecule has 0 aliphatic heterocycles. The van der Waals surface area contributed by atoms with Crippen LogP contribution in [0.3, 0.4) is 0 Å². The van der Waals surface area contributed by atoms with Crippen molar-refractivity contribution in [3.05, 3.63) is 65.7 Å². The number of aliphatic hydroxyl groups excluding tert-OH is 1. The number of amides is 1. The number of benzene rings is 1. The molecule has 1 amide bonds.